The van der Waals surface area contributed by atoms with Crippen molar-refractivity contribution in [2.24, 2.45) is 0 Å². The third kappa shape index (κ3) is 6.11. The van der Waals surface area contributed by atoms with E-state index < -0.39 is 5.91 Å². The van der Waals surface area contributed by atoms with Crippen molar-refractivity contribution < 1.29 is 9.59 Å². The molecule has 0 unspecified atom stereocenters. The fraction of sp³-hybridized carbons (Fsp3) is 0.0435. The van der Waals surface area contributed by atoms with Crippen LogP contribution in [0.25, 0.3) is 0 Å². The van der Waals surface area contributed by atoms with Gasteiger partial charge in [-0.25, -0.2) is 0 Å². The first kappa shape index (κ1) is 20.5. The van der Waals surface area contributed by atoms with Crippen LogP contribution in [0.2, 0.25) is 10.0 Å². The molecule has 4 nitrogen and oxygen atoms in total. The van der Waals surface area contributed by atoms with Crippen LogP contribution < -0.4 is 10.6 Å². The summed E-state index contributed by atoms with van der Waals surface area (Å²) in [6, 6.07) is 21.3. The molecular formula is C23H16Cl2N2O2. The minimum atomic E-state index is -0.454. The number of halogens is 2. The SMILES string of the molecule is O=C(CNC(=O)c1ccc(Cl)cc1Cl)Nc1cccc(C#Cc2ccccc2)c1. The Hall–Kier alpha value is -3.26. The molecule has 0 aliphatic rings. The number of carbonyl (C=O) groups is 2. The maximum absolute atomic E-state index is 12.2. The summed E-state index contributed by atoms with van der Waals surface area (Å²) < 4.78 is 0. The third-order valence-corrected chi connectivity index (χ3v) is 4.40. The molecule has 0 spiro atoms. The second kappa shape index (κ2) is 9.79. The van der Waals surface area contributed by atoms with Gasteiger partial charge in [0.1, 0.15) is 0 Å². The predicted octanol–water partition coefficient (Wildman–Crippen LogP) is 4.76. The van der Waals surface area contributed by atoms with Crippen LogP contribution >= 0.6 is 23.2 Å². The van der Waals surface area contributed by atoms with Crippen LogP contribution in [0.1, 0.15) is 21.5 Å². The van der Waals surface area contributed by atoms with E-state index in [1.165, 1.54) is 12.1 Å². The van der Waals surface area contributed by atoms with Gasteiger partial charge in [0, 0.05) is 21.8 Å². The molecule has 2 N–H and O–H groups in total. The number of nitrogens with one attached hydrogen (secondary N) is 2. The summed E-state index contributed by atoms with van der Waals surface area (Å²) in [5.41, 5.74) is 2.52. The zero-order valence-corrected chi connectivity index (χ0v) is 16.7. The van der Waals surface area contributed by atoms with Crippen molar-refractivity contribution in [2.75, 3.05) is 11.9 Å². The van der Waals surface area contributed by atoms with E-state index in [1.54, 1.807) is 24.3 Å². The quantitative estimate of drug-likeness (QED) is 0.595. The highest BCUT2D eigenvalue weighted by Gasteiger charge is 2.12. The lowest BCUT2D eigenvalue weighted by Crippen LogP contribution is -2.33. The molecule has 0 saturated heterocycles. The van der Waals surface area contributed by atoms with Crippen molar-refractivity contribution in [3.8, 4) is 11.8 Å². The van der Waals surface area contributed by atoms with Crippen molar-refractivity contribution in [3.63, 3.8) is 0 Å². The molecule has 3 aromatic rings. The lowest BCUT2D eigenvalue weighted by Gasteiger charge is -2.08. The Morgan fingerprint density at radius 1 is 0.828 bits per heavy atom. The Morgan fingerprint density at radius 3 is 2.31 bits per heavy atom. The van der Waals surface area contributed by atoms with E-state index in [1.807, 2.05) is 36.4 Å². The number of amides is 2. The summed E-state index contributed by atoms with van der Waals surface area (Å²) in [5.74, 6) is 5.31. The molecule has 0 saturated carbocycles. The van der Waals surface area contributed by atoms with E-state index in [2.05, 4.69) is 22.5 Å². The molecule has 0 atom stereocenters. The van der Waals surface area contributed by atoms with Crippen LogP contribution in [-0.2, 0) is 4.79 Å². The van der Waals surface area contributed by atoms with Gasteiger partial charge in [-0.2, -0.15) is 0 Å². The molecule has 0 aliphatic heterocycles. The monoisotopic (exact) mass is 422 g/mol. The van der Waals surface area contributed by atoms with Crippen molar-refractivity contribution in [1.82, 2.24) is 5.32 Å². The largest absolute Gasteiger partial charge is 0.343 e. The first-order chi connectivity index (χ1) is 14.0. The fourth-order valence-corrected chi connectivity index (χ4v) is 2.97. The lowest BCUT2D eigenvalue weighted by molar-refractivity contribution is -0.115. The molecule has 3 aromatic carbocycles. The molecule has 0 bridgehead atoms. The number of anilines is 1. The Labute approximate surface area is 178 Å². The zero-order chi connectivity index (χ0) is 20.6. The van der Waals surface area contributed by atoms with Crippen molar-refractivity contribution in [2.45, 2.75) is 0 Å². The molecule has 0 aliphatic carbocycles. The van der Waals surface area contributed by atoms with Gasteiger partial charge in [-0.15, -0.1) is 0 Å². The molecule has 0 heterocycles. The van der Waals surface area contributed by atoms with E-state index in [0.717, 1.165) is 11.1 Å². The molecule has 29 heavy (non-hydrogen) atoms. The lowest BCUT2D eigenvalue weighted by atomic mass is 10.1. The van der Waals surface area contributed by atoms with Gasteiger partial charge in [-0.1, -0.05) is 59.3 Å². The van der Waals surface area contributed by atoms with Crippen LogP contribution in [0.15, 0.2) is 72.8 Å². The number of carbonyl (C=O) groups excluding carboxylic acids is 2. The van der Waals surface area contributed by atoms with Gasteiger partial charge < -0.3 is 10.6 Å². The van der Waals surface area contributed by atoms with Gasteiger partial charge in [0.15, 0.2) is 0 Å². The van der Waals surface area contributed by atoms with Crippen molar-refractivity contribution in [3.05, 3.63) is 99.5 Å². The highest BCUT2D eigenvalue weighted by atomic mass is 35.5. The van der Waals surface area contributed by atoms with Crippen LogP contribution in [0, 0.1) is 11.8 Å². The summed E-state index contributed by atoms with van der Waals surface area (Å²) in [5, 5.41) is 5.92. The van der Waals surface area contributed by atoms with Gasteiger partial charge in [0.25, 0.3) is 5.91 Å². The minimum absolute atomic E-state index is 0.197. The number of rotatable bonds is 4. The van der Waals surface area contributed by atoms with Gasteiger partial charge in [0.05, 0.1) is 17.1 Å². The van der Waals surface area contributed by atoms with Gasteiger partial charge in [0.2, 0.25) is 5.91 Å². The summed E-state index contributed by atoms with van der Waals surface area (Å²) in [4.78, 5) is 24.3. The Kier molecular flexibility index (Phi) is 6.91. The first-order valence-corrected chi connectivity index (χ1v) is 9.47. The highest BCUT2D eigenvalue weighted by molar-refractivity contribution is 6.36. The molecular weight excluding hydrogens is 407 g/mol. The predicted molar refractivity (Wildman–Crippen MR) is 116 cm³/mol. The van der Waals surface area contributed by atoms with Crippen LogP contribution in [0.3, 0.4) is 0 Å². The van der Waals surface area contributed by atoms with Crippen LogP contribution in [0.4, 0.5) is 5.69 Å². The van der Waals surface area contributed by atoms with Crippen molar-refractivity contribution >= 4 is 40.7 Å². The zero-order valence-electron chi connectivity index (χ0n) is 15.2. The van der Waals surface area contributed by atoms with Gasteiger partial charge in [-0.3, -0.25) is 9.59 Å². The summed E-state index contributed by atoms with van der Waals surface area (Å²) >= 11 is 11.8. The van der Waals surface area contributed by atoms with Crippen LogP contribution in [-0.4, -0.2) is 18.4 Å². The Balaban J connectivity index is 1.58. The second-order valence-electron chi connectivity index (χ2n) is 6.05. The van der Waals surface area contributed by atoms with Gasteiger partial charge in [-0.05, 0) is 48.5 Å². The van der Waals surface area contributed by atoms with E-state index in [-0.39, 0.29) is 23.0 Å². The summed E-state index contributed by atoms with van der Waals surface area (Å²) in [6.07, 6.45) is 0. The molecule has 0 radical (unpaired) electrons. The molecule has 0 aromatic heterocycles. The Bertz CT molecular complexity index is 1100. The average Bonchev–Trinajstić information content (AvgIpc) is 2.71. The maximum Gasteiger partial charge on any atom is 0.253 e. The molecule has 0 fully saturated rings. The first-order valence-electron chi connectivity index (χ1n) is 8.71. The Morgan fingerprint density at radius 2 is 1.55 bits per heavy atom. The number of benzene rings is 3. The molecule has 2 amide bonds. The molecule has 144 valence electrons. The summed E-state index contributed by atoms with van der Waals surface area (Å²) in [6.45, 7) is -0.197. The fourth-order valence-electron chi connectivity index (χ4n) is 2.48. The van der Waals surface area contributed by atoms with E-state index in [4.69, 9.17) is 23.2 Å². The maximum atomic E-state index is 12.2. The topological polar surface area (TPSA) is 58.2 Å². The second-order valence-corrected chi connectivity index (χ2v) is 6.90. The van der Waals surface area contributed by atoms with E-state index in [0.29, 0.717) is 10.7 Å². The molecule has 3 rings (SSSR count). The smallest absolute Gasteiger partial charge is 0.253 e. The van der Waals surface area contributed by atoms with E-state index >= 15 is 0 Å². The normalized spacial score (nSPS) is 9.86. The number of hydrogen-bond donors (Lipinski definition) is 2. The van der Waals surface area contributed by atoms with Gasteiger partial charge >= 0.3 is 0 Å². The molecule has 6 heteroatoms. The number of hydrogen-bond acceptors (Lipinski definition) is 2. The standard InChI is InChI=1S/C23H16Cl2N2O2/c24-18-11-12-20(21(25)14-18)23(29)26-15-22(28)27-19-8-4-7-17(13-19)10-9-16-5-2-1-3-6-16/h1-8,11-14H,15H2,(H,26,29)(H,27,28). The van der Waals surface area contributed by atoms with Crippen molar-refractivity contribution in [1.29, 1.82) is 0 Å². The third-order valence-electron chi connectivity index (χ3n) is 3.86. The van der Waals surface area contributed by atoms with E-state index in [9.17, 15) is 9.59 Å². The summed E-state index contributed by atoms with van der Waals surface area (Å²) in [7, 11) is 0. The average molecular weight is 423 g/mol. The van der Waals surface area contributed by atoms with Crippen LogP contribution in [0.5, 0.6) is 0 Å². The minimum Gasteiger partial charge on any atom is -0.343 e. The highest BCUT2D eigenvalue weighted by Crippen LogP contribution is 2.20.